The molecule has 0 spiro atoms. The molecule has 0 unspecified atom stereocenters. The number of amides is 3. The van der Waals surface area contributed by atoms with Crippen LogP contribution in [-0.4, -0.2) is 61.6 Å². The van der Waals surface area contributed by atoms with Crippen LogP contribution in [0.15, 0.2) is 42.5 Å². The molecule has 5 rings (SSSR count). The molecule has 9 heteroatoms. The summed E-state index contributed by atoms with van der Waals surface area (Å²) in [5.41, 5.74) is 1.25. The van der Waals surface area contributed by atoms with Crippen molar-refractivity contribution in [3.05, 3.63) is 53.6 Å². The summed E-state index contributed by atoms with van der Waals surface area (Å²) in [5.74, 6) is 0.732. The second-order valence-electron chi connectivity index (χ2n) is 9.07. The first-order valence-electron chi connectivity index (χ1n) is 12.3. The minimum absolute atomic E-state index is 0.0542. The molecule has 4 bridgehead atoms. The number of ether oxygens (including phenoxy) is 3. The predicted octanol–water partition coefficient (Wildman–Crippen LogP) is 2.53. The van der Waals surface area contributed by atoms with Crippen molar-refractivity contribution in [2.45, 2.75) is 45.4 Å². The molecule has 3 amide bonds. The Morgan fingerprint density at radius 3 is 2.56 bits per heavy atom. The average molecular weight is 496 g/mol. The molecule has 0 radical (unpaired) electrons. The van der Waals surface area contributed by atoms with Gasteiger partial charge in [0.15, 0.2) is 18.1 Å². The predicted molar refractivity (Wildman–Crippen MR) is 133 cm³/mol. The van der Waals surface area contributed by atoms with Gasteiger partial charge in [0.05, 0.1) is 19.7 Å². The summed E-state index contributed by atoms with van der Waals surface area (Å²) < 4.78 is 17.3. The van der Waals surface area contributed by atoms with Crippen LogP contribution in [0, 0.1) is 5.92 Å². The zero-order chi connectivity index (χ0) is 25.7. The number of nitrogens with one attached hydrogen (secondary N) is 2. The zero-order valence-corrected chi connectivity index (χ0v) is 20.9. The van der Waals surface area contributed by atoms with Crippen molar-refractivity contribution in [2.24, 2.45) is 5.92 Å². The van der Waals surface area contributed by atoms with Crippen molar-refractivity contribution >= 4 is 17.7 Å². The van der Waals surface area contributed by atoms with E-state index in [1.165, 1.54) is 7.11 Å². The van der Waals surface area contributed by atoms with E-state index in [-0.39, 0.29) is 30.2 Å². The summed E-state index contributed by atoms with van der Waals surface area (Å²) in [6, 6.07) is 11.8. The first kappa shape index (κ1) is 25.3. The van der Waals surface area contributed by atoms with Gasteiger partial charge in [-0.3, -0.25) is 14.4 Å². The molecule has 1 fully saturated rings. The van der Waals surface area contributed by atoms with E-state index in [4.69, 9.17) is 14.2 Å². The van der Waals surface area contributed by atoms with Crippen LogP contribution in [0.4, 0.5) is 0 Å². The lowest BCUT2D eigenvalue weighted by molar-refractivity contribution is -0.135. The Bertz CT molecular complexity index is 1100. The van der Waals surface area contributed by atoms with Crippen molar-refractivity contribution in [1.29, 1.82) is 0 Å². The third-order valence-corrected chi connectivity index (χ3v) is 6.71. The van der Waals surface area contributed by atoms with Gasteiger partial charge in [-0.25, -0.2) is 0 Å². The first-order valence-corrected chi connectivity index (χ1v) is 12.3. The smallest absolute Gasteiger partial charge is 0.258 e. The molecular weight excluding hydrogens is 462 g/mol. The Labute approximate surface area is 211 Å². The number of carbonyl (C=O) groups excluding carboxylic acids is 3. The van der Waals surface area contributed by atoms with Crippen molar-refractivity contribution in [3.8, 4) is 17.2 Å². The third-order valence-electron chi connectivity index (χ3n) is 6.71. The SMILES string of the molecule is CCC(CC)C(=O)N1C[C@@H]2NC(=O)c3ccc(OC)c(c3)OCC(=O)NCc3ccc(cc3)O[C@H]2C1. The number of fused-ring (bicyclic) bond motifs is 7. The van der Waals surface area contributed by atoms with E-state index in [9.17, 15) is 14.4 Å². The van der Waals surface area contributed by atoms with Gasteiger partial charge in [0, 0.05) is 24.6 Å². The highest BCUT2D eigenvalue weighted by atomic mass is 16.5. The lowest BCUT2D eigenvalue weighted by Gasteiger charge is -2.21. The summed E-state index contributed by atoms with van der Waals surface area (Å²) in [5, 5.41) is 5.86. The van der Waals surface area contributed by atoms with Crippen molar-refractivity contribution in [1.82, 2.24) is 15.5 Å². The molecule has 9 nitrogen and oxygen atoms in total. The van der Waals surface area contributed by atoms with E-state index in [0.29, 0.717) is 42.4 Å². The van der Waals surface area contributed by atoms with Crippen LogP contribution < -0.4 is 24.8 Å². The Balaban J connectivity index is 1.64. The molecule has 2 atom stereocenters. The molecule has 0 aliphatic carbocycles. The lowest BCUT2D eigenvalue weighted by Crippen LogP contribution is -2.45. The van der Waals surface area contributed by atoms with Gasteiger partial charge in [0.2, 0.25) is 5.91 Å². The van der Waals surface area contributed by atoms with Gasteiger partial charge >= 0.3 is 0 Å². The third kappa shape index (κ3) is 5.72. The van der Waals surface area contributed by atoms with Crippen LogP contribution in [0.3, 0.4) is 0 Å². The topological polar surface area (TPSA) is 106 Å². The Morgan fingerprint density at radius 2 is 1.86 bits per heavy atom. The maximum absolute atomic E-state index is 13.2. The van der Waals surface area contributed by atoms with Crippen molar-refractivity contribution in [3.63, 3.8) is 0 Å². The maximum Gasteiger partial charge on any atom is 0.258 e. The number of rotatable bonds is 4. The minimum Gasteiger partial charge on any atom is -0.493 e. The zero-order valence-electron chi connectivity index (χ0n) is 20.9. The van der Waals surface area contributed by atoms with Gasteiger partial charge in [-0.1, -0.05) is 26.0 Å². The molecule has 3 aliphatic heterocycles. The first-order chi connectivity index (χ1) is 17.4. The molecule has 0 saturated carbocycles. The van der Waals surface area contributed by atoms with Crippen LogP contribution in [0.25, 0.3) is 0 Å². The van der Waals surface area contributed by atoms with Crippen LogP contribution in [0.1, 0.15) is 42.6 Å². The lowest BCUT2D eigenvalue weighted by atomic mass is 10.0. The van der Waals surface area contributed by atoms with E-state index in [2.05, 4.69) is 10.6 Å². The average Bonchev–Trinajstić information content (AvgIpc) is 3.28. The molecule has 2 N–H and O–H groups in total. The van der Waals surface area contributed by atoms with Crippen molar-refractivity contribution in [2.75, 3.05) is 26.8 Å². The van der Waals surface area contributed by atoms with Gasteiger partial charge < -0.3 is 29.7 Å². The molecule has 192 valence electrons. The highest BCUT2D eigenvalue weighted by molar-refractivity contribution is 5.95. The van der Waals surface area contributed by atoms with Crippen LogP contribution in [0.2, 0.25) is 0 Å². The van der Waals surface area contributed by atoms with E-state index >= 15 is 0 Å². The molecule has 0 aromatic heterocycles. The monoisotopic (exact) mass is 495 g/mol. The molecule has 1 saturated heterocycles. The molecule has 3 heterocycles. The quantitative estimate of drug-likeness (QED) is 0.675. The number of hydrogen-bond donors (Lipinski definition) is 2. The highest BCUT2D eigenvalue weighted by Crippen LogP contribution is 2.29. The normalized spacial score (nSPS) is 20.1. The molecule has 2 aromatic carbocycles. The number of carbonyl (C=O) groups is 3. The van der Waals surface area contributed by atoms with Gasteiger partial charge in [0.1, 0.15) is 11.9 Å². The highest BCUT2D eigenvalue weighted by Gasteiger charge is 2.39. The van der Waals surface area contributed by atoms with Gasteiger partial charge in [-0.05, 0) is 48.7 Å². The fourth-order valence-corrected chi connectivity index (χ4v) is 4.55. The molecule has 3 aliphatic rings. The van der Waals surface area contributed by atoms with E-state index < -0.39 is 12.1 Å². The van der Waals surface area contributed by atoms with Crippen molar-refractivity contribution < 1.29 is 28.6 Å². The number of methoxy groups -OCH3 is 1. The van der Waals surface area contributed by atoms with E-state index in [1.807, 2.05) is 38.1 Å². The number of likely N-dealkylation sites (tertiary alicyclic amines) is 1. The van der Waals surface area contributed by atoms with Gasteiger partial charge in [-0.15, -0.1) is 0 Å². The van der Waals surface area contributed by atoms with Crippen LogP contribution in [0.5, 0.6) is 17.2 Å². The fraction of sp³-hybridized carbons (Fsp3) is 0.444. The molecule has 36 heavy (non-hydrogen) atoms. The summed E-state index contributed by atoms with van der Waals surface area (Å²) >= 11 is 0. The summed E-state index contributed by atoms with van der Waals surface area (Å²) in [6.45, 7) is 4.88. The second kappa shape index (κ2) is 11.3. The summed E-state index contributed by atoms with van der Waals surface area (Å²) in [7, 11) is 1.49. The largest absolute Gasteiger partial charge is 0.493 e. The minimum atomic E-state index is -0.414. The van der Waals surface area contributed by atoms with E-state index in [0.717, 1.165) is 18.4 Å². The number of benzene rings is 2. The number of hydrogen-bond acceptors (Lipinski definition) is 6. The number of nitrogens with zero attached hydrogens (tertiary/aromatic N) is 1. The Kier molecular flexibility index (Phi) is 7.97. The molecular formula is C27H33N3O6. The second-order valence-corrected chi connectivity index (χ2v) is 9.07. The summed E-state index contributed by atoms with van der Waals surface area (Å²) in [4.78, 5) is 40.4. The molecule has 2 aromatic rings. The van der Waals surface area contributed by atoms with Crippen LogP contribution in [-0.2, 0) is 16.1 Å². The maximum atomic E-state index is 13.2. The van der Waals surface area contributed by atoms with Crippen LogP contribution >= 0.6 is 0 Å². The Morgan fingerprint density at radius 1 is 1.11 bits per heavy atom. The van der Waals surface area contributed by atoms with Gasteiger partial charge in [-0.2, -0.15) is 0 Å². The standard InChI is InChI=1S/C27H33N3O6/c1-4-18(5-2)27(33)30-14-21-24(15-30)36-20-9-6-17(7-10-20)13-28-25(31)16-35-23-12-19(26(32)29-21)8-11-22(23)34-3/h6-12,18,21,24H,4-5,13-16H2,1-3H3,(H,28,31)(H,29,32)/t21-,24-/m0/s1. The summed E-state index contributed by atoms with van der Waals surface area (Å²) in [6.07, 6.45) is 1.12. The van der Waals surface area contributed by atoms with Gasteiger partial charge in [0.25, 0.3) is 11.8 Å². The fourth-order valence-electron chi connectivity index (χ4n) is 4.55. The van der Waals surface area contributed by atoms with E-state index in [1.54, 1.807) is 23.1 Å². The Hall–Kier alpha value is -3.75.